The first-order chi connectivity index (χ1) is 8.67. The summed E-state index contributed by atoms with van der Waals surface area (Å²) in [5, 5.41) is 7.22. The first-order valence-electron chi connectivity index (χ1n) is 6.30. The van der Waals surface area contributed by atoms with E-state index in [1.807, 2.05) is 19.1 Å². The van der Waals surface area contributed by atoms with Gasteiger partial charge < -0.3 is 15.4 Å². The summed E-state index contributed by atoms with van der Waals surface area (Å²) in [5.74, 6) is 0.830. The van der Waals surface area contributed by atoms with Crippen LogP contribution in [-0.2, 0) is 11.3 Å². The summed E-state index contributed by atoms with van der Waals surface area (Å²) in [6.07, 6.45) is 1.25. The van der Waals surface area contributed by atoms with Crippen LogP contribution < -0.4 is 10.6 Å². The van der Waals surface area contributed by atoms with Gasteiger partial charge in [0.25, 0.3) is 0 Å². The predicted octanol–water partition coefficient (Wildman–Crippen LogP) is 2.68. The molecule has 0 aliphatic rings. The van der Waals surface area contributed by atoms with Crippen molar-refractivity contribution in [2.75, 3.05) is 25.5 Å². The summed E-state index contributed by atoms with van der Waals surface area (Å²) in [6, 6.07) is 3.76. The number of anilines is 1. The van der Waals surface area contributed by atoms with E-state index in [2.05, 4.69) is 22.5 Å². The second-order valence-electron chi connectivity index (χ2n) is 4.23. The van der Waals surface area contributed by atoms with E-state index in [1.165, 1.54) is 0 Å². The maximum Gasteiger partial charge on any atom is 0.126 e. The number of hydrogen-bond donors (Lipinski definition) is 2. The lowest BCUT2D eigenvalue weighted by atomic mass is 10.3. The number of hydrogen-bond acceptors (Lipinski definition) is 4. The van der Waals surface area contributed by atoms with Gasteiger partial charge in [0.2, 0.25) is 0 Å². The summed E-state index contributed by atoms with van der Waals surface area (Å²) in [7, 11) is 1.70. The Hall–Kier alpha value is -0.840. The molecule has 0 saturated carbocycles. The first-order valence-corrected chi connectivity index (χ1v) is 6.68. The molecule has 1 heterocycles. The molecule has 0 saturated heterocycles. The Morgan fingerprint density at radius 1 is 1.44 bits per heavy atom. The lowest BCUT2D eigenvalue weighted by molar-refractivity contribution is 0.128. The number of methoxy groups -OCH3 is 1. The summed E-state index contributed by atoms with van der Waals surface area (Å²) < 4.78 is 5.18. The molecule has 0 aliphatic heterocycles. The van der Waals surface area contributed by atoms with Gasteiger partial charge in [-0.1, -0.05) is 18.5 Å². The Bertz CT molecular complexity index is 360. The highest BCUT2D eigenvalue weighted by molar-refractivity contribution is 6.31. The number of nitrogens with one attached hydrogen (secondary N) is 2. The van der Waals surface area contributed by atoms with Crippen molar-refractivity contribution in [3.63, 3.8) is 0 Å². The molecule has 0 fully saturated rings. The molecule has 1 aromatic rings. The van der Waals surface area contributed by atoms with E-state index in [4.69, 9.17) is 16.3 Å². The fourth-order valence-electron chi connectivity index (χ4n) is 1.42. The zero-order chi connectivity index (χ0) is 13.4. The second-order valence-corrected chi connectivity index (χ2v) is 4.64. The minimum Gasteiger partial charge on any atom is -0.380 e. The highest BCUT2D eigenvalue weighted by atomic mass is 35.5. The Morgan fingerprint density at radius 3 is 2.89 bits per heavy atom. The van der Waals surface area contributed by atoms with Gasteiger partial charge in [0.1, 0.15) is 5.82 Å². The van der Waals surface area contributed by atoms with Crippen LogP contribution in [0.25, 0.3) is 0 Å². The van der Waals surface area contributed by atoms with E-state index in [0.29, 0.717) is 11.6 Å². The zero-order valence-corrected chi connectivity index (χ0v) is 12.0. The molecule has 1 unspecified atom stereocenters. The van der Waals surface area contributed by atoms with Crippen molar-refractivity contribution < 1.29 is 4.74 Å². The minimum atomic E-state index is 0.157. The standard InChI is InChI=1S/C13H22ClN3O/c1-4-7-15-9-12-11(14)5-6-13(17-12)16-8-10(2)18-3/h5-6,10,15H,4,7-9H2,1-3H3,(H,16,17). The van der Waals surface area contributed by atoms with Gasteiger partial charge in [-0.2, -0.15) is 0 Å². The van der Waals surface area contributed by atoms with Crippen LogP contribution in [0.4, 0.5) is 5.82 Å². The third-order valence-corrected chi connectivity index (χ3v) is 2.95. The Morgan fingerprint density at radius 2 is 2.22 bits per heavy atom. The van der Waals surface area contributed by atoms with Crippen molar-refractivity contribution in [2.24, 2.45) is 0 Å². The van der Waals surface area contributed by atoms with Gasteiger partial charge in [-0.25, -0.2) is 4.98 Å². The molecule has 0 radical (unpaired) electrons. The van der Waals surface area contributed by atoms with Crippen molar-refractivity contribution in [1.82, 2.24) is 10.3 Å². The molecule has 4 nitrogen and oxygen atoms in total. The van der Waals surface area contributed by atoms with E-state index in [9.17, 15) is 0 Å². The van der Waals surface area contributed by atoms with Gasteiger partial charge >= 0.3 is 0 Å². The van der Waals surface area contributed by atoms with E-state index in [0.717, 1.165) is 31.0 Å². The van der Waals surface area contributed by atoms with Crippen molar-refractivity contribution in [3.05, 3.63) is 22.8 Å². The number of ether oxygens (including phenoxy) is 1. The quantitative estimate of drug-likeness (QED) is 0.714. The summed E-state index contributed by atoms with van der Waals surface area (Å²) >= 11 is 6.11. The van der Waals surface area contributed by atoms with Crippen LogP contribution in [0.3, 0.4) is 0 Å². The summed E-state index contributed by atoms with van der Waals surface area (Å²) in [4.78, 5) is 4.49. The zero-order valence-electron chi connectivity index (χ0n) is 11.3. The molecule has 2 N–H and O–H groups in total. The molecule has 1 aromatic heterocycles. The van der Waals surface area contributed by atoms with Crippen molar-refractivity contribution in [2.45, 2.75) is 32.9 Å². The first kappa shape index (κ1) is 15.2. The maximum absolute atomic E-state index is 6.11. The van der Waals surface area contributed by atoms with Gasteiger partial charge in [-0.3, -0.25) is 0 Å². The molecule has 0 bridgehead atoms. The molecule has 102 valence electrons. The molecule has 0 spiro atoms. The maximum atomic E-state index is 6.11. The summed E-state index contributed by atoms with van der Waals surface area (Å²) in [5.41, 5.74) is 0.875. The lowest BCUT2D eigenvalue weighted by Gasteiger charge is -2.13. The average Bonchev–Trinajstić information content (AvgIpc) is 2.39. The van der Waals surface area contributed by atoms with Gasteiger partial charge in [0.05, 0.1) is 16.8 Å². The number of aromatic nitrogens is 1. The van der Waals surface area contributed by atoms with Crippen LogP contribution >= 0.6 is 11.6 Å². The largest absolute Gasteiger partial charge is 0.380 e. The Balaban J connectivity index is 2.56. The topological polar surface area (TPSA) is 46.2 Å². The molecular formula is C13H22ClN3O. The number of pyridine rings is 1. The van der Waals surface area contributed by atoms with Gasteiger partial charge in [0, 0.05) is 20.2 Å². The molecule has 5 heteroatoms. The Kier molecular flexibility index (Phi) is 7.01. The number of nitrogens with zero attached hydrogens (tertiary/aromatic N) is 1. The van der Waals surface area contributed by atoms with Crippen LogP contribution in [0.5, 0.6) is 0 Å². The lowest BCUT2D eigenvalue weighted by Crippen LogP contribution is -2.19. The van der Waals surface area contributed by atoms with Crippen LogP contribution in [0.15, 0.2) is 12.1 Å². The average molecular weight is 272 g/mol. The van der Waals surface area contributed by atoms with Gasteiger partial charge in [-0.15, -0.1) is 0 Å². The fourth-order valence-corrected chi connectivity index (χ4v) is 1.59. The van der Waals surface area contributed by atoms with Crippen LogP contribution in [0, 0.1) is 0 Å². The highest BCUT2D eigenvalue weighted by Gasteiger charge is 2.05. The van der Waals surface area contributed by atoms with Crippen molar-refractivity contribution in [3.8, 4) is 0 Å². The van der Waals surface area contributed by atoms with Crippen LogP contribution in [0.1, 0.15) is 26.0 Å². The summed E-state index contributed by atoms with van der Waals surface area (Å²) in [6.45, 7) is 6.53. The number of rotatable bonds is 8. The Labute approximate surface area is 114 Å². The molecule has 0 aliphatic carbocycles. The van der Waals surface area contributed by atoms with E-state index < -0.39 is 0 Å². The van der Waals surface area contributed by atoms with E-state index in [1.54, 1.807) is 7.11 Å². The van der Waals surface area contributed by atoms with Crippen molar-refractivity contribution in [1.29, 1.82) is 0 Å². The van der Waals surface area contributed by atoms with Gasteiger partial charge in [-0.05, 0) is 32.0 Å². The second kappa shape index (κ2) is 8.29. The molecule has 1 rings (SSSR count). The SMILES string of the molecule is CCCNCc1nc(NCC(C)OC)ccc1Cl. The smallest absolute Gasteiger partial charge is 0.126 e. The molecule has 1 atom stereocenters. The monoisotopic (exact) mass is 271 g/mol. The van der Waals surface area contributed by atoms with Crippen molar-refractivity contribution >= 4 is 17.4 Å². The molecule has 0 amide bonds. The van der Waals surface area contributed by atoms with Crippen LogP contribution in [-0.4, -0.2) is 31.3 Å². The third-order valence-electron chi connectivity index (χ3n) is 2.61. The van der Waals surface area contributed by atoms with E-state index in [-0.39, 0.29) is 6.10 Å². The number of halogens is 1. The minimum absolute atomic E-state index is 0.157. The highest BCUT2D eigenvalue weighted by Crippen LogP contribution is 2.16. The molecular weight excluding hydrogens is 250 g/mol. The van der Waals surface area contributed by atoms with Gasteiger partial charge in [0.15, 0.2) is 0 Å². The van der Waals surface area contributed by atoms with Crippen LogP contribution in [0.2, 0.25) is 5.02 Å². The fraction of sp³-hybridized carbons (Fsp3) is 0.615. The van der Waals surface area contributed by atoms with E-state index >= 15 is 0 Å². The molecule has 18 heavy (non-hydrogen) atoms. The third kappa shape index (κ3) is 5.21. The molecule has 0 aromatic carbocycles. The predicted molar refractivity (Wildman–Crippen MR) is 76.2 cm³/mol. The normalized spacial score (nSPS) is 12.4.